The summed E-state index contributed by atoms with van der Waals surface area (Å²) in [7, 11) is -3.87. The lowest BCUT2D eigenvalue weighted by molar-refractivity contribution is 0.417. The third-order valence-electron chi connectivity index (χ3n) is 2.73. The van der Waals surface area contributed by atoms with Crippen molar-refractivity contribution in [1.29, 1.82) is 0 Å². The molecule has 5 nitrogen and oxygen atoms in total. The van der Waals surface area contributed by atoms with Crippen molar-refractivity contribution >= 4 is 9.84 Å². The van der Waals surface area contributed by atoms with Crippen molar-refractivity contribution in [1.82, 2.24) is 10.2 Å². The Morgan fingerprint density at radius 3 is 2.67 bits per heavy atom. The Hall–Kier alpha value is -2.09. The molecule has 0 spiro atoms. The molecule has 0 radical (unpaired) electrons. The second kappa shape index (κ2) is 6.13. The third-order valence-corrected chi connectivity index (χ3v) is 4.20. The lowest BCUT2D eigenvalue weighted by atomic mass is 10.1. The molecule has 0 amide bonds. The highest BCUT2D eigenvalue weighted by Gasteiger charge is 2.22. The smallest absolute Gasteiger partial charge is 0.335 e. The summed E-state index contributed by atoms with van der Waals surface area (Å²) in [5.74, 6) is -0.432. The van der Waals surface area contributed by atoms with Crippen molar-refractivity contribution in [3.63, 3.8) is 0 Å². The second-order valence-electron chi connectivity index (χ2n) is 4.29. The Morgan fingerprint density at radius 2 is 2.00 bits per heavy atom. The molecule has 21 heavy (non-hydrogen) atoms. The molecule has 2 rings (SSSR count). The van der Waals surface area contributed by atoms with E-state index in [1.54, 1.807) is 12.1 Å². The summed E-state index contributed by atoms with van der Waals surface area (Å²) in [5, 5.41) is 6.63. The van der Waals surface area contributed by atoms with E-state index in [1.165, 1.54) is 0 Å². The third kappa shape index (κ3) is 3.72. The Labute approximate surface area is 120 Å². The Kier molecular flexibility index (Phi) is 4.46. The molecule has 0 saturated heterocycles. The van der Waals surface area contributed by atoms with Gasteiger partial charge in [0.05, 0.1) is 5.75 Å². The molecule has 1 aromatic carbocycles. The molecular formula is C13H12F2N2O3S. The van der Waals surface area contributed by atoms with Crippen molar-refractivity contribution in [2.45, 2.75) is 18.6 Å². The molecule has 8 heteroatoms. The number of rotatable bonds is 5. The molecule has 2 aromatic rings. The maximum Gasteiger partial charge on any atom is 0.335 e. The number of halogens is 2. The van der Waals surface area contributed by atoms with E-state index in [4.69, 9.17) is 4.42 Å². The number of benzene rings is 1. The summed E-state index contributed by atoms with van der Waals surface area (Å²) in [4.78, 5) is 0. The molecule has 112 valence electrons. The van der Waals surface area contributed by atoms with Crippen LogP contribution in [-0.4, -0.2) is 24.4 Å². The predicted octanol–water partition coefficient (Wildman–Crippen LogP) is 2.99. The van der Waals surface area contributed by atoms with Crippen LogP contribution in [0, 0.1) is 6.92 Å². The average molecular weight is 314 g/mol. The van der Waals surface area contributed by atoms with Gasteiger partial charge >= 0.3 is 5.22 Å². The van der Waals surface area contributed by atoms with Gasteiger partial charge in [-0.05, 0) is 31.1 Å². The largest absolute Gasteiger partial charge is 0.408 e. The number of aromatic nitrogens is 2. The van der Waals surface area contributed by atoms with Crippen LogP contribution in [-0.2, 0) is 9.84 Å². The normalized spacial score (nSPS) is 11.4. The lowest BCUT2D eigenvalue weighted by Crippen LogP contribution is -2.06. The Balaban J connectivity index is 2.24. The summed E-state index contributed by atoms with van der Waals surface area (Å²) in [5.41, 5.74) is 1.48. The van der Waals surface area contributed by atoms with Gasteiger partial charge < -0.3 is 4.42 Å². The summed E-state index contributed by atoms with van der Waals surface area (Å²) in [6.45, 7) is 1.82. The van der Waals surface area contributed by atoms with E-state index in [1.807, 2.05) is 19.1 Å². The zero-order valence-corrected chi connectivity index (χ0v) is 11.9. The van der Waals surface area contributed by atoms with Gasteiger partial charge in [0.2, 0.25) is 15.7 Å². The molecule has 1 heterocycles. The van der Waals surface area contributed by atoms with Crippen LogP contribution < -0.4 is 0 Å². The monoisotopic (exact) mass is 314 g/mol. The second-order valence-corrected chi connectivity index (χ2v) is 6.28. The van der Waals surface area contributed by atoms with Gasteiger partial charge in [0.1, 0.15) is 0 Å². The lowest BCUT2D eigenvalue weighted by Gasteiger charge is -1.99. The predicted molar refractivity (Wildman–Crippen MR) is 71.4 cm³/mol. The molecule has 0 fully saturated rings. The molecule has 0 unspecified atom stereocenters. The van der Waals surface area contributed by atoms with Crippen LogP contribution in [0.2, 0.25) is 0 Å². The zero-order valence-electron chi connectivity index (χ0n) is 11.1. The molecule has 1 aromatic heterocycles. The number of allylic oxidation sites excluding steroid dienone is 1. The van der Waals surface area contributed by atoms with E-state index in [0.717, 1.165) is 5.56 Å². The van der Waals surface area contributed by atoms with E-state index in [2.05, 4.69) is 10.2 Å². The van der Waals surface area contributed by atoms with E-state index in [-0.39, 0.29) is 12.3 Å². The fourth-order valence-electron chi connectivity index (χ4n) is 1.67. The topological polar surface area (TPSA) is 73.1 Å². The van der Waals surface area contributed by atoms with Gasteiger partial charge in [-0.25, -0.2) is 8.42 Å². The number of nitrogens with zero attached hydrogens (tertiary/aromatic N) is 2. The highest BCUT2D eigenvalue weighted by atomic mass is 32.2. The van der Waals surface area contributed by atoms with E-state index < -0.39 is 26.9 Å². The highest BCUT2D eigenvalue weighted by Crippen LogP contribution is 2.23. The van der Waals surface area contributed by atoms with Gasteiger partial charge in [0.25, 0.3) is 6.08 Å². The van der Waals surface area contributed by atoms with E-state index >= 15 is 0 Å². The molecule has 0 N–H and O–H groups in total. The van der Waals surface area contributed by atoms with Crippen LogP contribution in [0.5, 0.6) is 0 Å². The molecule has 0 atom stereocenters. The maximum absolute atomic E-state index is 11.9. The van der Waals surface area contributed by atoms with Crippen LogP contribution in [0.3, 0.4) is 0 Å². The quantitative estimate of drug-likeness (QED) is 0.848. The van der Waals surface area contributed by atoms with Gasteiger partial charge in [-0.2, -0.15) is 8.78 Å². The molecule has 0 aliphatic heterocycles. The Bertz CT molecular complexity index is 765. The van der Waals surface area contributed by atoms with Crippen molar-refractivity contribution in [2.75, 3.05) is 5.75 Å². The van der Waals surface area contributed by atoms with Gasteiger partial charge in [-0.1, -0.05) is 23.3 Å². The Morgan fingerprint density at radius 1 is 1.29 bits per heavy atom. The van der Waals surface area contributed by atoms with Crippen LogP contribution >= 0.6 is 0 Å². The summed E-state index contributed by atoms with van der Waals surface area (Å²) in [6, 6.07) is 7.13. The van der Waals surface area contributed by atoms with Crippen LogP contribution in [0.4, 0.5) is 8.78 Å². The number of sulfone groups is 1. The maximum atomic E-state index is 11.9. The fourth-order valence-corrected chi connectivity index (χ4v) is 2.64. The van der Waals surface area contributed by atoms with Crippen molar-refractivity contribution in [3.05, 3.63) is 42.0 Å². The number of hydrogen-bond acceptors (Lipinski definition) is 5. The first-order valence-corrected chi connectivity index (χ1v) is 7.69. The zero-order chi connectivity index (χ0) is 15.5. The number of hydrogen-bond donors (Lipinski definition) is 0. The molecule has 0 saturated carbocycles. The van der Waals surface area contributed by atoms with E-state index in [0.29, 0.717) is 11.6 Å². The fraction of sp³-hybridized carbons (Fsp3) is 0.231. The van der Waals surface area contributed by atoms with Gasteiger partial charge in [-0.3, -0.25) is 0 Å². The van der Waals surface area contributed by atoms with Gasteiger partial charge in [-0.15, -0.1) is 5.10 Å². The van der Waals surface area contributed by atoms with Crippen LogP contribution in [0.25, 0.3) is 11.5 Å². The van der Waals surface area contributed by atoms with Gasteiger partial charge in [0.15, 0.2) is 0 Å². The van der Waals surface area contributed by atoms with Crippen LogP contribution in [0.15, 0.2) is 46.1 Å². The van der Waals surface area contributed by atoms with Crippen molar-refractivity contribution in [2.24, 2.45) is 0 Å². The van der Waals surface area contributed by atoms with Crippen LogP contribution in [0.1, 0.15) is 12.0 Å². The number of aryl methyl sites for hydroxylation is 1. The summed E-state index contributed by atoms with van der Waals surface area (Å²) in [6.07, 6.45) is -1.69. The van der Waals surface area contributed by atoms with Crippen molar-refractivity contribution < 1.29 is 21.6 Å². The average Bonchev–Trinajstić information content (AvgIpc) is 2.88. The molecule has 0 aliphatic carbocycles. The summed E-state index contributed by atoms with van der Waals surface area (Å²) < 4.78 is 52.7. The first-order chi connectivity index (χ1) is 9.90. The highest BCUT2D eigenvalue weighted by molar-refractivity contribution is 7.91. The SMILES string of the molecule is Cc1ccccc1-c1nnc(S(=O)(=O)CCC=C(F)F)o1. The molecule has 0 bridgehead atoms. The van der Waals surface area contributed by atoms with Crippen molar-refractivity contribution in [3.8, 4) is 11.5 Å². The first kappa shape index (κ1) is 15.3. The van der Waals surface area contributed by atoms with E-state index in [9.17, 15) is 17.2 Å². The standard InChI is InChI=1S/C13H12F2N2O3S/c1-9-5-2-3-6-10(9)12-16-17-13(20-12)21(18,19)8-4-7-11(14)15/h2-3,5-7H,4,8H2,1H3. The minimum atomic E-state index is -3.87. The molecular weight excluding hydrogens is 302 g/mol. The molecule has 0 aliphatic rings. The van der Waals surface area contributed by atoms with Gasteiger partial charge in [0, 0.05) is 5.56 Å². The minimum Gasteiger partial charge on any atom is -0.408 e. The minimum absolute atomic E-state index is 0.0823. The summed E-state index contributed by atoms with van der Waals surface area (Å²) >= 11 is 0. The first-order valence-electron chi connectivity index (χ1n) is 6.03.